The Balaban J connectivity index is 1.57. The highest BCUT2D eigenvalue weighted by Gasteiger charge is 2.17. The number of carbonyl (C=O) groups is 2. The fourth-order valence-electron chi connectivity index (χ4n) is 3.17. The maximum Gasteiger partial charge on any atom is 0.338 e. The van der Waals surface area contributed by atoms with Crippen LogP contribution >= 0.6 is 0 Å². The molecule has 0 spiro atoms. The molecule has 31 heavy (non-hydrogen) atoms. The smallest absolute Gasteiger partial charge is 0.338 e. The van der Waals surface area contributed by atoms with Crippen LogP contribution in [0.15, 0.2) is 67.1 Å². The first kappa shape index (κ1) is 19.8. The minimum atomic E-state index is -1.07. The number of rotatable bonds is 6. The van der Waals surface area contributed by atoms with Gasteiger partial charge in [0.1, 0.15) is 17.7 Å². The highest BCUT2D eigenvalue weighted by molar-refractivity contribution is 6.08. The monoisotopic (exact) mass is 414 g/mol. The molecule has 0 aliphatic carbocycles. The van der Waals surface area contributed by atoms with E-state index in [2.05, 4.69) is 20.3 Å². The first-order chi connectivity index (χ1) is 15.0. The number of aromatic nitrogens is 3. The molecule has 2 heterocycles. The van der Waals surface area contributed by atoms with Crippen LogP contribution in [0.3, 0.4) is 0 Å². The van der Waals surface area contributed by atoms with Crippen molar-refractivity contribution in [3.63, 3.8) is 0 Å². The van der Waals surface area contributed by atoms with Gasteiger partial charge in [0.2, 0.25) is 5.91 Å². The van der Waals surface area contributed by atoms with Crippen molar-refractivity contribution >= 4 is 34.7 Å². The van der Waals surface area contributed by atoms with E-state index in [0.717, 1.165) is 11.3 Å². The average molecular weight is 414 g/mol. The standard InChI is InChI=1S/C23H18N4O4/c1-31-17-8-5-14(6-9-17)7-10-19(28)27-16-4-2-3-15(11-16)21-20-18(23(29)30)12-24-22(20)26-13-25-21/h2-13H,1H3,(H,27,28)(H,29,30)(H,24,25,26)/b10-7+. The van der Waals surface area contributed by atoms with Crippen molar-refractivity contribution in [2.24, 2.45) is 0 Å². The first-order valence-electron chi connectivity index (χ1n) is 9.34. The molecule has 4 aromatic rings. The van der Waals surface area contributed by atoms with Gasteiger partial charge in [0.05, 0.1) is 23.8 Å². The summed E-state index contributed by atoms with van der Waals surface area (Å²) in [4.78, 5) is 35.1. The van der Waals surface area contributed by atoms with E-state index >= 15 is 0 Å². The third kappa shape index (κ3) is 4.27. The summed E-state index contributed by atoms with van der Waals surface area (Å²) in [6, 6.07) is 14.4. The number of hydrogen-bond acceptors (Lipinski definition) is 5. The van der Waals surface area contributed by atoms with E-state index in [0.29, 0.717) is 28.0 Å². The molecule has 0 bridgehead atoms. The number of aromatic carboxylic acids is 1. The second kappa shape index (κ2) is 8.50. The first-order valence-corrected chi connectivity index (χ1v) is 9.34. The third-order valence-corrected chi connectivity index (χ3v) is 4.65. The van der Waals surface area contributed by atoms with E-state index in [-0.39, 0.29) is 11.5 Å². The third-order valence-electron chi connectivity index (χ3n) is 4.65. The Labute approximate surface area is 177 Å². The van der Waals surface area contributed by atoms with Gasteiger partial charge >= 0.3 is 5.97 Å². The number of fused-ring (bicyclic) bond motifs is 1. The topological polar surface area (TPSA) is 117 Å². The lowest BCUT2D eigenvalue weighted by Crippen LogP contribution is -2.07. The van der Waals surface area contributed by atoms with Gasteiger partial charge in [-0.1, -0.05) is 24.3 Å². The minimum absolute atomic E-state index is 0.0856. The van der Waals surface area contributed by atoms with Gasteiger partial charge < -0.3 is 20.1 Å². The van der Waals surface area contributed by atoms with E-state index in [1.165, 1.54) is 18.6 Å². The zero-order chi connectivity index (χ0) is 21.8. The number of benzene rings is 2. The normalized spacial score (nSPS) is 11.0. The molecule has 2 aromatic heterocycles. The number of carboxylic acids is 1. The predicted molar refractivity (Wildman–Crippen MR) is 117 cm³/mol. The van der Waals surface area contributed by atoms with Gasteiger partial charge in [-0.2, -0.15) is 0 Å². The van der Waals surface area contributed by atoms with Gasteiger partial charge in [-0.3, -0.25) is 4.79 Å². The SMILES string of the molecule is COc1ccc(/C=C/C(=O)Nc2cccc(-c3ncnc4[nH]cc(C(=O)O)c34)c2)cc1. The molecule has 8 heteroatoms. The second-order valence-corrected chi connectivity index (χ2v) is 6.63. The Morgan fingerprint density at radius 1 is 1.13 bits per heavy atom. The minimum Gasteiger partial charge on any atom is -0.497 e. The van der Waals surface area contributed by atoms with Crippen molar-refractivity contribution in [1.29, 1.82) is 0 Å². The summed E-state index contributed by atoms with van der Waals surface area (Å²) in [7, 11) is 1.59. The lowest BCUT2D eigenvalue weighted by Gasteiger charge is -2.07. The van der Waals surface area contributed by atoms with Gasteiger partial charge in [-0.25, -0.2) is 14.8 Å². The fourth-order valence-corrected chi connectivity index (χ4v) is 3.17. The zero-order valence-corrected chi connectivity index (χ0v) is 16.5. The summed E-state index contributed by atoms with van der Waals surface area (Å²) < 4.78 is 5.12. The summed E-state index contributed by atoms with van der Waals surface area (Å²) >= 11 is 0. The molecule has 0 fully saturated rings. The van der Waals surface area contributed by atoms with Crippen LogP contribution in [-0.4, -0.2) is 39.0 Å². The number of ether oxygens (including phenoxy) is 1. The molecular weight excluding hydrogens is 396 g/mol. The summed E-state index contributed by atoms with van der Waals surface area (Å²) in [5.74, 6) is -0.630. The highest BCUT2D eigenvalue weighted by Crippen LogP contribution is 2.29. The van der Waals surface area contributed by atoms with Crippen molar-refractivity contribution in [2.45, 2.75) is 0 Å². The van der Waals surface area contributed by atoms with Crippen molar-refractivity contribution < 1.29 is 19.4 Å². The molecule has 3 N–H and O–H groups in total. The van der Waals surface area contributed by atoms with Crippen LogP contribution in [0.4, 0.5) is 5.69 Å². The zero-order valence-electron chi connectivity index (χ0n) is 16.5. The number of anilines is 1. The fraction of sp³-hybridized carbons (Fsp3) is 0.0435. The Morgan fingerprint density at radius 3 is 2.68 bits per heavy atom. The molecular formula is C23H18N4O4. The molecule has 4 rings (SSSR count). The molecule has 0 aliphatic rings. The van der Waals surface area contributed by atoms with Crippen molar-refractivity contribution in [3.05, 3.63) is 78.3 Å². The number of aromatic amines is 1. The number of methoxy groups -OCH3 is 1. The predicted octanol–water partition coefficient (Wildman–Crippen LogP) is 3.98. The quantitative estimate of drug-likeness (QED) is 0.411. The van der Waals surface area contributed by atoms with Gasteiger partial charge in [-0.15, -0.1) is 0 Å². The van der Waals surface area contributed by atoms with Crippen LogP contribution in [0.25, 0.3) is 28.4 Å². The Hall–Kier alpha value is -4.46. The molecule has 1 amide bonds. The lowest BCUT2D eigenvalue weighted by atomic mass is 10.1. The van der Waals surface area contributed by atoms with Crippen molar-refractivity contribution in [3.8, 4) is 17.0 Å². The van der Waals surface area contributed by atoms with E-state index in [1.54, 1.807) is 37.5 Å². The molecule has 8 nitrogen and oxygen atoms in total. The van der Waals surface area contributed by atoms with Crippen LogP contribution in [0.2, 0.25) is 0 Å². The van der Waals surface area contributed by atoms with Gasteiger partial charge in [0.15, 0.2) is 0 Å². The number of nitrogens with zero attached hydrogens (tertiary/aromatic N) is 2. The van der Waals surface area contributed by atoms with E-state index < -0.39 is 5.97 Å². The number of H-pyrrole nitrogens is 1. The van der Waals surface area contributed by atoms with Crippen LogP contribution in [0.1, 0.15) is 15.9 Å². The van der Waals surface area contributed by atoms with E-state index in [9.17, 15) is 14.7 Å². The molecule has 0 unspecified atom stereocenters. The summed E-state index contributed by atoms with van der Waals surface area (Å²) in [6.45, 7) is 0. The Morgan fingerprint density at radius 2 is 1.94 bits per heavy atom. The molecule has 154 valence electrons. The molecule has 0 saturated heterocycles. The summed E-state index contributed by atoms with van der Waals surface area (Å²) in [5.41, 5.74) is 3.06. The number of hydrogen-bond donors (Lipinski definition) is 3. The summed E-state index contributed by atoms with van der Waals surface area (Å²) in [6.07, 6.45) is 5.89. The number of nitrogens with one attached hydrogen (secondary N) is 2. The largest absolute Gasteiger partial charge is 0.497 e. The Bertz CT molecular complexity index is 1290. The number of carbonyl (C=O) groups excluding carboxylic acids is 1. The van der Waals surface area contributed by atoms with E-state index in [1.807, 2.05) is 24.3 Å². The number of amides is 1. The van der Waals surface area contributed by atoms with E-state index in [4.69, 9.17) is 4.74 Å². The van der Waals surface area contributed by atoms with Crippen molar-refractivity contribution in [1.82, 2.24) is 15.0 Å². The maximum atomic E-state index is 12.3. The van der Waals surface area contributed by atoms with Crippen LogP contribution < -0.4 is 10.1 Å². The van der Waals surface area contributed by atoms with Crippen LogP contribution in [0.5, 0.6) is 5.75 Å². The van der Waals surface area contributed by atoms with Gasteiger partial charge in [0, 0.05) is 23.5 Å². The second-order valence-electron chi connectivity index (χ2n) is 6.63. The lowest BCUT2D eigenvalue weighted by molar-refractivity contribution is -0.111. The van der Waals surface area contributed by atoms with Crippen LogP contribution in [-0.2, 0) is 4.79 Å². The molecule has 0 saturated carbocycles. The van der Waals surface area contributed by atoms with Gasteiger partial charge in [-0.05, 0) is 35.9 Å². The van der Waals surface area contributed by atoms with Crippen LogP contribution in [0, 0.1) is 0 Å². The molecule has 0 radical (unpaired) electrons. The maximum absolute atomic E-state index is 12.3. The molecule has 0 atom stereocenters. The summed E-state index contributed by atoms with van der Waals surface area (Å²) in [5, 5.41) is 12.7. The number of carboxylic acid groups (broad SMARTS) is 1. The highest BCUT2D eigenvalue weighted by atomic mass is 16.5. The average Bonchev–Trinajstić information content (AvgIpc) is 3.23. The van der Waals surface area contributed by atoms with Crippen molar-refractivity contribution in [2.75, 3.05) is 12.4 Å². The molecule has 0 aliphatic heterocycles. The van der Waals surface area contributed by atoms with Gasteiger partial charge in [0.25, 0.3) is 0 Å². The Kier molecular flexibility index (Phi) is 5.44. The molecule has 2 aromatic carbocycles.